The molecule has 0 aliphatic carbocycles. The van der Waals surface area contributed by atoms with E-state index in [2.05, 4.69) is 0 Å². The van der Waals surface area contributed by atoms with Crippen molar-refractivity contribution < 1.29 is 18.1 Å². The van der Waals surface area contributed by atoms with E-state index in [9.17, 15) is 23.3 Å². The molecule has 0 radical (unpaired) electrons. The van der Waals surface area contributed by atoms with Crippen molar-refractivity contribution in [2.24, 2.45) is 0 Å². The Kier molecular flexibility index (Phi) is 2.42. The summed E-state index contributed by atoms with van der Waals surface area (Å²) in [6.07, 6.45) is 0. The lowest BCUT2D eigenvalue weighted by Gasteiger charge is -1.98. The first-order valence-electron chi connectivity index (χ1n) is 2.92. The van der Waals surface area contributed by atoms with Crippen molar-refractivity contribution in [2.75, 3.05) is 0 Å². The summed E-state index contributed by atoms with van der Waals surface area (Å²) in [5.74, 6) is -4.89. The van der Waals surface area contributed by atoms with Crippen molar-refractivity contribution in [2.45, 2.75) is 0 Å². The summed E-state index contributed by atoms with van der Waals surface area (Å²) >= 11 is 4.95. The Hall–Kier alpha value is -1.30. The highest BCUT2D eigenvalue weighted by Crippen LogP contribution is 2.28. The van der Waals surface area contributed by atoms with E-state index in [1.165, 1.54) is 0 Å². The Morgan fingerprint density at radius 2 is 1.85 bits per heavy atom. The molecule has 0 atom stereocenters. The minimum atomic E-state index is -1.77. The van der Waals surface area contributed by atoms with E-state index in [-0.39, 0.29) is 6.07 Å². The monoisotopic (exact) mass is 211 g/mol. The number of benzene rings is 1. The number of nitro groups is 1. The van der Waals surface area contributed by atoms with Crippen LogP contribution in [0.1, 0.15) is 0 Å². The van der Waals surface area contributed by atoms with Crippen molar-refractivity contribution in [1.82, 2.24) is 0 Å². The molecule has 0 amide bonds. The van der Waals surface area contributed by atoms with Gasteiger partial charge in [-0.15, -0.1) is 0 Å². The van der Waals surface area contributed by atoms with E-state index < -0.39 is 33.1 Å². The van der Waals surface area contributed by atoms with Gasteiger partial charge in [0.05, 0.1) is 11.0 Å². The number of nitrogens with zero attached hydrogens (tertiary/aromatic N) is 1. The van der Waals surface area contributed by atoms with Crippen molar-refractivity contribution in [3.05, 3.63) is 38.7 Å². The van der Waals surface area contributed by atoms with Gasteiger partial charge in [-0.05, 0) is 0 Å². The maximum atomic E-state index is 12.6. The molecule has 0 aliphatic rings. The van der Waals surface area contributed by atoms with Gasteiger partial charge in [0.15, 0.2) is 11.6 Å². The normalized spacial score (nSPS) is 10.2. The minimum absolute atomic E-state index is 0.223. The van der Waals surface area contributed by atoms with Gasteiger partial charge in [0.25, 0.3) is 0 Å². The van der Waals surface area contributed by atoms with E-state index >= 15 is 0 Å². The first-order chi connectivity index (χ1) is 5.95. The zero-order valence-corrected chi connectivity index (χ0v) is 6.61. The van der Waals surface area contributed by atoms with Crippen LogP contribution >= 0.6 is 11.6 Å². The van der Waals surface area contributed by atoms with Crippen LogP contribution in [-0.4, -0.2) is 4.92 Å². The Morgan fingerprint density at radius 1 is 1.31 bits per heavy atom. The third kappa shape index (κ3) is 1.57. The number of rotatable bonds is 1. The molecule has 7 heteroatoms. The second kappa shape index (κ2) is 3.21. The first kappa shape index (κ1) is 9.79. The van der Waals surface area contributed by atoms with Gasteiger partial charge < -0.3 is 0 Å². The van der Waals surface area contributed by atoms with Gasteiger partial charge in [-0.1, -0.05) is 11.6 Å². The molecule has 0 bridgehead atoms. The van der Waals surface area contributed by atoms with E-state index in [0.29, 0.717) is 0 Å². The first-order valence-corrected chi connectivity index (χ1v) is 3.30. The Bertz CT molecular complexity index is 383. The van der Waals surface area contributed by atoms with E-state index in [4.69, 9.17) is 11.6 Å². The van der Waals surface area contributed by atoms with Crippen molar-refractivity contribution >= 4 is 17.3 Å². The van der Waals surface area contributed by atoms with Crippen LogP contribution in [0.15, 0.2) is 6.07 Å². The summed E-state index contributed by atoms with van der Waals surface area (Å²) in [7, 11) is 0. The van der Waals surface area contributed by atoms with Crippen molar-refractivity contribution in [1.29, 1.82) is 0 Å². The van der Waals surface area contributed by atoms with E-state index in [1.54, 1.807) is 0 Å². The molecule has 0 unspecified atom stereocenters. The zero-order valence-electron chi connectivity index (χ0n) is 5.85. The Labute approximate surface area is 74.9 Å². The smallest absolute Gasteiger partial charge is 0.258 e. The number of halogens is 4. The average Bonchev–Trinajstić information content (AvgIpc) is 2.07. The molecule has 13 heavy (non-hydrogen) atoms. The van der Waals surface area contributed by atoms with Gasteiger partial charge in [-0.25, -0.2) is 8.78 Å². The van der Waals surface area contributed by atoms with Crippen LogP contribution in [0.5, 0.6) is 0 Å². The van der Waals surface area contributed by atoms with E-state index in [1.807, 2.05) is 0 Å². The molecule has 0 N–H and O–H groups in total. The molecule has 1 rings (SSSR count). The van der Waals surface area contributed by atoms with Crippen LogP contribution < -0.4 is 0 Å². The fourth-order valence-electron chi connectivity index (χ4n) is 0.693. The molecule has 0 spiro atoms. The standard InChI is InChI=1S/C6HClF3NO2/c7-4-2(8)1-3(11(12)13)5(9)6(4)10/h1H. The summed E-state index contributed by atoms with van der Waals surface area (Å²) < 4.78 is 37.7. The Balaban J connectivity index is 3.50. The SMILES string of the molecule is O=[N+]([O-])c1cc(F)c(Cl)c(F)c1F. The van der Waals surface area contributed by atoms with Crippen molar-refractivity contribution in [3.8, 4) is 0 Å². The lowest BCUT2D eigenvalue weighted by molar-refractivity contribution is -0.388. The molecule has 0 saturated carbocycles. The highest BCUT2D eigenvalue weighted by molar-refractivity contribution is 6.30. The van der Waals surface area contributed by atoms with Gasteiger partial charge >= 0.3 is 5.69 Å². The number of nitro benzene ring substituents is 1. The summed E-state index contributed by atoms with van der Waals surface area (Å²) in [5.41, 5.74) is -1.28. The van der Waals surface area contributed by atoms with Crippen molar-refractivity contribution in [3.63, 3.8) is 0 Å². The third-order valence-corrected chi connectivity index (χ3v) is 1.63. The third-order valence-electron chi connectivity index (χ3n) is 1.28. The van der Waals surface area contributed by atoms with Crippen LogP contribution in [-0.2, 0) is 0 Å². The number of hydrogen-bond acceptors (Lipinski definition) is 2. The van der Waals surface area contributed by atoms with Crippen LogP contribution in [0.25, 0.3) is 0 Å². The van der Waals surface area contributed by atoms with Crippen LogP contribution in [0, 0.1) is 27.6 Å². The molecular weight excluding hydrogens is 211 g/mol. The molecule has 0 heterocycles. The van der Waals surface area contributed by atoms with Crippen LogP contribution in [0.4, 0.5) is 18.9 Å². The predicted octanol–water partition coefficient (Wildman–Crippen LogP) is 2.67. The molecule has 70 valence electrons. The molecule has 0 aliphatic heterocycles. The summed E-state index contributed by atoms with van der Waals surface area (Å²) in [5, 5.41) is 8.93. The van der Waals surface area contributed by atoms with Gasteiger partial charge in [0, 0.05) is 0 Å². The molecule has 1 aromatic carbocycles. The predicted molar refractivity (Wildman–Crippen MR) is 38.0 cm³/mol. The van der Waals surface area contributed by atoms with Gasteiger partial charge in [-0.2, -0.15) is 4.39 Å². The fraction of sp³-hybridized carbons (Fsp3) is 0. The quantitative estimate of drug-likeness (QED) is 0.310. The summed E-state index contributed by atoms with van der Waals surface area (Å²) in [6, 6.07) is 0.223. The summed E-state index contributed by atoms with van der Waals surface area (Å²) in [6.45, 7) is 0. The highest BCUT2D eigenvalue weighted by atomic mass is 35.5. The molecular formula is C6HClF3NO2. The largest absolute Gasteiger partial charge is 0.310 e. The molecule has 0 fully saturated rings. The lowest BCUT2D eigenvalue weighted by Crippen LogP contribution is -1.98. The summed E-state index contributed by atoms with van der Waals surface area (Å²) in [4.78, 5) is 8.79. The second-order valence-corrected chi connectivity index (χ2v) is 2.45. The van der Waals surface area contributed by atoms with Gasteiger partial charge in [0.1, 0.15) is 5.02 Å². The fourth-order valence-corrected chi connectivity index (χ4v) is 0.831. The maximum absolute atomic E-state index is 12.6. The molecule has 0 aromatic heterocycles. The highest BCUT2D eigenvalue weighted by Gasteiger charge is 2.24. The Morgan fingerprint density at radius 3 is 2.31 bits per heavy atom. The van der Waals surface area contributed by atoms with Gasteiger partial charge in [0.2, 0.25) is 5.82 Å². The zero-order chi connectivity index (χ0) is 10.2. The minimum Gasteiger partial charge on any atom is -0.258 e. The molecule has 3 nitrogen and oxygen atoms in total. The van der Waals surface area contributed by atoms with Gasteiger partial charge in [-0.3, -0.25) is 10.1 Å². The van der Waals surface area contributed by atoms with Crippen LogP contribution in [0.2, 0.25) is 5.02 Å². The second-order valence-electron chi connectivity index (χ2n) is 2.08. The molecule has 1 aromatic rings. The molecule has 0 saturated heterocycles. The lowest BCUT2D eigenvalue weighted by atomic mass is 10.3. The topological polar surface area (TPSA) is 43.1 Å². The maximum Gasteiger partial charge on any atom is 0.310 e. The van der Waals surface area contributed by atoms with Crippen LogP contribution in [0.3, 0.4) is 0 Å². The average molecular weight is 212 g/mol. The van der Waals surface area contributed by atoms with E-state index in [0.717, 1.165) is 0 Å². The number of hydrogen-bond donors (Lipinski definition) is 0.